The molecule has 10 heteroatoms. The number of carbonyl (C=O) groups is 1. The maximum Gasteiger partial charge on any atom is 0.273 e. The third-order valence-corrected chi connectivity index (χ3v) is 5.17. The number of H-pyrrole nitrogens is 1. The molecule has 0 atom stereocenters. The molecule has 0 radical (unpaired) electrons. The van der Waals surface area contributed by atoms with Gasteiger partial charge >= 0.3 is 0 Å². The van der Waals surface area contributed by atoms with E-state index in [1.807, 2.05) is 12.1 Å². The van der Waals surface area contributed by atoms with Crippen molar-refractivity contribution in [1.82, 2.24) is 15.2 Å². The van der Waals surface area contributed by atoms with Crippen LogP contribution in [-0.2, 0) is 11.2 Å². The summed E-state index contributed by atoms with van der Waals surface area (Å²) >= 11 is 6.94. The van der Waals surface area contributed by atoms with Crippen molar-refractivity contribution >= 4 is 35.0 Å². The number of carbonyl (C=O) groups excluding carboxylic acids is 1. The van der Waals surface area contributed by atoms with E-state index in [9.17, 15) is 9.59 Å². The molecule has 0 aliphatic carbocycles. The van der Waals surface area contributed by atoms with Gasteiger partial charge in [-0.3, -0.25) is 14.6 Å². The molecule has 0 saturated carbocycles. The largest absolute Gasteiger partial charge is 0.497 e. The highest BCUT2D eigenvalue weighted by Gasteiger charge is 2.12. The van der Waals surface area contributed by atoms with Crippen LogP contribution in [0, 0.1) is 0 Å². The lowest BCUT2D eigenvalue weighted by atomic mass is 10.1. The standard InChI is InChI=1S/C20H19ClN4O4S/c1-28-14-7-8-15(17(10-14)29-2)22-18(26)11-30-20-23-19(27)16(24-25-20)9-12-3-5-13(21)6-4-12/h3-8,10H,9,11H2,1-2H3,(H,22,26)(H,23,25,27). The fraction of sp³-hybridized carbons (Fsp3) is 0.200. The van der Waals surface area contributed by atoms with Crippen molar-refractivity contribution in [3.63, 3.8) is 0 Å². The summed E-state index contributed by atoms with van der Waals surface area (Å²) in [6, 6.07) is 12.2. The van der Waals surface area contributed by atoms with Gasteiger partial charge in [-0.25, -0.2) is 0 Å². The van der Waals surface area contributed by atoms with Crippen molar-refractivity contribution in [2.75, 3.05) is 25.3 Å². The van der Waals surface area contributed by atoms with Crippen molar-refractivity contribution in [3.05, 3.63) is 69.1 Å². The van der Waals surface area contributed by atoms with Gasteiger partial charge in [0.25, 0.3) is 5.56 Å². The molecule has 3 aromatic rings. The number of benzene rings is 2. The molecule has 30 heavy (non-hydrogen) atoms. The highest BCUT2D eigenvalue weighted by Crippen LogP contribution is 2.29. The summed E-state index contributed by atoms with van der Waals surface area (Å²) in [5.41, 5.74) is 1.35. The number of methoxy groups -OCH3 is 2. The zero-order valence-electron chi connectivity index (χ0n) is 16.3. The number of ether oxygens (including phenoxy) is 2. The maximum atomic E-state index is 12.3. The van der Waals surface area contributed by atoms with E-state index in [4.69, 9.17) is 21.1 Å². The van der Waals surface area contributed by atoms with Gasteiger partial charge in [0.1, 0.15) is 17.2 Å². The van der Waals surface area contributed by atoms with E-state index in [1.165, 1.54) is 7.11 Å². The van der Waals surface area contributed by atoms with Crippen LogP contribution < -0.4 is 20.3 Å². The number of nitrogens with one attached hydrogen (secondary N) is 2. The summed E-state index contributed by atoms with van der Waals surface area (Å²) < 4.78 is 10.4. The van der Waals surface area contributed by atoms with Crippen LogP contribution in [0.15, 0.2) is 52.4 Å². The minimum atomic E-state index is -0.348. The Morgan fingerprint density at radius 3 is 2.57 bits per heavy atom. The molecule has 1 amide bonds. The van der Waals surface area contributed by atoms with Gasteiger partial charge in [0.05, 0.1) is 25.7 Å². The summed E-state index contributed by atoms with van der Waals surface area (Å²) in [6.45, 7) is 0. The molecule has 0 bridgehead atoms. The first-order valence-corrected chi connectivity index (χ1v) is 10.2. The number of amides is 1. The number of halogens is 1. The smallest absolute Gasteiger partial charge is 0.273 e. The summed E-state index contributed by atoms with van der Waals surface area (Å²) in [5.74, 6) is 0.852. The first kappa shape index (κ1) is 21.7. The predicted molar refractivity (Wildman–Crippen MR) is 116 cm³/mol. The second-order valence-electron chi connectivity index (χ2n) is 6.11. The van der Waals surface area contributed by atoms with Crippen LogP contribution in [0.5, 0.6) is 11.5 Å². The van der Waals surface area contributed by atoms with E-state index >= 15 is 0 Å². The monoisotopic (exact) mass is 446 g/mol. The molecule has 3 rings (SSSR count). The summed E-state index contributed by atoms with van der Waals surface area (Å²) in [7, 11) is 3.05. The van der Waals surface area contributed by atoms with E-state index in [0.717, 1.165) is 17.3 Å². The Bertz CT molecular complexity index is 1090. The topological polar surface area (TPSA) is 106 Å². The Morgan fingerprint density at radius 2 is 1.90 bits per heavy atom. The Hall–Kier alpha value is -3.04. The van der Waals surface area contributed by atoms with E-state index in [1.54, 1.807) is 37.4 Å². The normalized spacial score (nSPS) is 10.5. The molecule has 0 aliphatic rings. The zero-order valence-corrected chi connectivity index (χ0v) is 17.8. The summed E-state index contributed by atoms with van der Waals surface area (Å²) in [4.78, 5) is 27.2. The van der Waals surface area contributed by atoms with Crippen molar-refractivity contribution in [2.24, 2.45) is 0 Å². The Balaban J connectivity index is 1.59. The van der Waals surface area contributed by atoms with Crippen molar-refractivity contribution in [3.8, 4) is 11.5 Å². The van der Waals surface area contributed by atoms with Crippen molar-refractivity contribution in [1.29, 1.82) is 0 Å². The molecule has 0 spiro atoms. The van der Waals surface area contributed by atoms with E-state index in [2.05, 4.69) is 20.5 Å². The second kappa shape index (κ2) is 10.1. The van der Waals surface area contributed by atoms with Crippen LogP contribution in [0.2, 0.25) is 5.02 Å². The molecule has 8 nitrogen and oxygen atoms in total. The lowest BCUT2D eigenvalue weighted by molar-refractivity contribution is -0.113. The average Bonchev–Trinajstić information content (AvgIpc) is 2.75. The number of rotatable bonds is 8. The fourth-order valence-corrected chi connectivity index (χ4v) is 3.27. The van der Waals surface area contributed by atoms with E-state index < -0.39 is 0 Å². The highest BCUT2D eigenvalue weighted by atomic mass is 35.5. The minimum Gasteiger partial charge on any atom is -0.497 e. The minimum absolute atomic E-state index is 0.0380. The van der Waals surface area contributed by atoms with Gasteiger partial charge in [-0.15, -0.1) is 10.2 Å². The van der Waals surface area contributed by atoms with Crippen molar-refractivity contribution in [2.45, 2.75) is 11.6 Å². The van der Waals surface area contributed by atoms with Gasteiger partial charge in [-0.1, -0.05) is 35.5 Å². The fourth-order valence-electron chi connectivity index (χ4n) is 2.54. The molecule has 0 saturated heterocycles. The van der Waals surface area contributed by atoms with E-state index in [0.29, 0.717) is 28.6 Å². The lowest BCUT2D eigenvalue weighted by Crippen LogP contribution is -2.19. The number of nitrogens with zero attached hydrogens (tertiary/aromatic N) is 2. The summed E-state index contributed by atoms with van der Waals surface area (Å²) in [5, 5.41) is 11.6. The molecule has 2 aromatic carbocycles. The number of anilines is 1. The highest BCUT2D eigenvalue weighted by molar-refractivity contribution is 7.99. The van der Waals surface area contributed by atoms with Crippen LogP contribution >= 0.6 is 23.4 Å². The summed E-state index contributed by atoms with van der Waals surface area (Å²) in [6.07, 6.45) is 0.336. The third kappa shape index (κ3) is 5.74. The van der Waals surface area contributed by atoms with Crippen LogP contribution in [0.3, 0.4) is 0 Å². The number of hydrogen-bond acceptors (Lipinski definition) is 7. The Kier molecular flexibility index (Phi) is 7.31. The number of aromatic amines is 1. The van der Waals surface area contributed by atoms with Crippen LogP contribution in [0.1, 0.15) is 11.3 Å². The Labute approximate surface area is 182 Å². The predicted octanol–water partition coefficient (Wildman–Crippen LogP) is 3.16. The zero-order chi connectivity index (χ0) is 21.5. The number of aromatic nitrogens is 3. The molecule has 0 fully saturated rings. The Morgan fingerprint density at radius 1 is 1.13 bits per heavy atom. The molecule has 1 heterocycles. The third-order valence-electron chi connectivity index (χ3n) is 4.05. The van der Waals surface area contributed by atoms with Crippen LogP contribution in [0.25, 0.3) is 0 Å². The van der Waals surface area contributed by atoms with Crippen LogP contribution in [0.4, 0.5) is 5.69 Å². The van der Waals surface area contributed by atoms with Gasteiger partial charge in [0, 0.05) is 17.5 Å². The molecule has 0 aliphatic heterocycles. The molecular formula is C20H19ClN4O4S. The van der Waals surface area contributed by atoms with Gasteiger partial charge < -0.3 is 14.8 Å². The average molecular weight is 447 g/mol. The first-order chi connectivity index (χ1) is 14.5. The SMILES string of the molecule is COc1ccc(NC(=O)CSc2nnc(Cc3ccc(Cl)cc3)c(=O)[nH]2)c(OC)c1. The quantitative estimate of drug-likeness (QED) is 0.512. The van der Waals surface area contributed by atoms with E-state index in [-0.39, 0.29) is 28.1 Å². The number of thioether (sulfide) groups is 1. The van der Waals surface area contributed by atoms with Gasteiger partial charge in [-0.2, -0.15) is 0 Å². The molecular weight excluding hydrogens is 428 g/mol. The molecule has 0 unspecified atom stereocenters. The van der Waals surface area contributed by atoms with Gasteiger partial charge in [0.2, 0.25) is 5.91 Å². The first-order valence-electron chi connectivity index (χ1n) is 8.83. The van der Waals surface area contributed by atoms with Gasteiger partial charge in [-0.05, 0) is 29.8 Å². The lowest BCUT2D eigenvalue weighted by Gasteiger charge is -2.11. The molecule has 2 N–H and O–H groups in total. The second-order valence-corrected chi connectivity index (χ2v) is 7.51. The molecule has 1 aromatic heterocycles. The number of hydrogen-bond donors (Lipinski definition) is 2. The van der Waals surface area contributed by atoms with Gasteiger partial charge in [0.15, 0.2) is 5.16 Å². The van der Waals surface area contributed by atoms with Crippen molar-refractivity contribution < 1.29 is 14.3 Å². The molecule has 156 valence electrons. The van der Waals surface area contributed by atoms with Crippen LogP contribution in [-0.4, -0.2) is 41.1 Å². The maximum absolute atomic E-state index is 12.3.